The van der Waals surface area contributed by atoms with Crippen LogP contribution in [0.2, 0.25) is 0 Å². The van der Waals surface area contributed by atoms with Crippen molar-refractivity contribution in [1.82, 2.24) is 0 Å². The fourth-order valence-electron chi connectivity index (χ4n) is 5.19. The highest BCUT2D eigenvalue weighted by Crippen LogP contribution is 2.40. The monoisotopic (exact) mass is 726 g/mol. The van der Waals surface area contributed by atoms with Gasteiger partial charge in [0.15, 0.2) is 17.4 Å². The quantitative estimate of drug-likeness (QED) is 0.126. The van der Waals surface area contributed by atoms with E-state index in [-0.39, 0.29) is 11.6 Å². The summed E-state index contributed by atoms with van der Waals surface area (Å²) in [7, 11) is 0. The van der Waals surface area contributed by atoms with Gasteiger partial charge in [0.2, 0.25) is 0 Å². The fraction of sp³-hybridized carbons (Fsp3) is 0.135. The molecule has 0 radical (unpaired) electrons. The van der Waals surface area contributed by atoms with Crippen LogP contribution in [-0.4, -0.2) is 6.11 Å². The summed E-state index contributed by atoms with van der Waals surface area (Å²) in [5.74, 6) is -12.5. The fourth-order valence-corrected chi connectivity index (χ4v) is 5.19. The summed E-state index contributed by atoms with van der Waals surface area (Å²) in [5, 5.41) is 0. The average Bonchev–Trinajstić information content (AvgIpc) is 3.02. The molecule has 0 fully saturated rings. The van der Waals surface area contributed by atoms with Crippen LogP contribution in [0, 0.1) is 34.9 Å². The van der Waals surface area contributed by atoms with Gasteiger partial charge in [-0.05, 0) is 76.7 Å². The summed E-state index contributed by atoms with van der Waals surface area (Å²) in [6.07, 6.45) is -11.7. The maximum atomic E-state index is 15.1. The number of hydrogen-bond donors (Lipinski definition) is 0. The highest BCUT2D eigenvalue weighted by molar-refractivity contribution is 5.72. The van der Waals surface area contributed by atoms with Crippen molar-refractivity contribution in [2.45, 2.75) is 32.0 Å². The lowest BCUT2D eigenvalue weighted by atomic mass is 9.97. The van der Waals surface area contributed by atoms with Crippen molar-refractivity contribution >= 4 is 0 Å². The number of ether oxygens (including phenoxy) is 2. The summed E-state index contributed by atoms with van der Waals surface area (Å²) in [6.45, 7) is 2.02. The topological polar surface area (TPSA) is 18.5 Å². The summed E-state index contributed by atoms with van der Waals surface area (Å²) in [4.78, 5) is 0. The molecule has 0 unspecified atom stereocenters. The van der Waals surface area contributed by atoms with Gasteiger partial charge in [-0.15, -0.1) is 0 Å². The third kappa shape index (κ3) is 8.33. The molecule has 0 atom stereocenters. The molecule has 0 aromatic heterocycles. The van der Waals surface area contributed by atoms with Gasteiger partial charge >= 0.3 is 12.2 Å². The Hall–Kier alpha value is -5.40. The number of rotatable bonds is 11. The van der Waals surface area contributed by atoms with Gasteiger partial charge in [0.1, 0.15) is 34.6 Å². The Kier molecular flexibility index (Phi) is 10.4. The van der Waals surface area contributed by atoms with Crippen LogP contribution < -0.4 is 9.47 Å². The Bertz CT molecular complexity index is 2060. The first-order valence-electron chi connectivity index (χ1n) is 14.8. The van der Waals surface area contributed by atoms with Gasteiger partial charge in [-0.25, -0.2) is 26.3 Å². The summed E-state index contributed by atoms with van der Waals surface area (Å²) in [5.41, 5.74) is -1.72. The van der Waals surface area contributed by atoms with Crippen molar-refractivity contribution in [3.8, 4) is 44.9 Å². The lowest BCUT2D eigenvalue weighted by Crippen LogP contribution is -2.25. The van der Waals surface area contributed by atoms with Gasteiger partial charge in [0.25, 0.3) is 6.08 Å². The Morgan fingerprint density at radius 1 is 0.569 bits per heavy atom. The molecule has 0 saturated heterocycles. The van der Waals surface area contributed by atoms with Crippen molar-refractivity contribution in [2.24, 2.45) is 0 Å². The van der Waals surface area contributed by atoms with E-state index in [0.717, 1.165) is 24.5 Å². The Balaban J connectivity index is 1.36. The van der Waals surface area contributed by atoms with Crippen LogP contribution in [-0.2, 0) is 12.5 Å². The maximum absolute atomic E-state index is 15.1. The minimum absolute atomic E-state index is 0.283. The van der Waals surface area contributed by atoms with Crippen molar-refractivity contribution < 1.29 is 62.2 Å². The molecule has 0 heterocycles. The number of alkyl halides is 4. The Morgan fingerprint density at radius 3 is 1.57 bits per heavy atom. The molecule has 2 nitrogen and oxygen atoms in total. The average molecular weight is 727 g/mol. The van der Waals surface area contributed by atoms with Crippen LogP contribution >= 0.6 is 0 Å². The van der Waals surface area contributed by atoms with Gasteiger partial charge in [-0.1, -0.05) is 49.7 Å². The van der Waals surface area contributed by atoms with Crippen molar-refractivity contribution in [1.29, 1.82) is 0 Å². The van der Waals surface area contributed by atoms with E-state index in [2.05, 4.69) is 9.47 Å². The third-order valence-corrected chi connectivity index (χ3v) is 7.45. The SMILES string of the molecule is CCCc1ccc(-c2ccc(-c3cc(F)c(C(F)(F)Oc4ccc(-c5cc(F)c(OC(F)(F)C=C(F)F)c(F)c5)c(F)c4)c(F)c3)c(F)c2)cc1. The van der Waals surface area contributed by atoms with Crippen LogP contribution in [0.25, 0.3) is 33.4 Å². The standard InChI is InChI=1S/C37H22F12O2/c1-2-3-19-4-6-20(7-5-19)21-8-10-25(27(38)12-21)22-13-29(40)34(30(41)14-22)37(48,49)50-24-9-11-26(28(39)17-24)23-15-31(42)35(32(43)16-23)51-36(46,47)18-33(44)45/h4-18H,2-3H2,1H3. The Morgan fingerprint density at radius 2 is 1.06 bits per heavy atom. The molecule has 51 heavy (non-hydrogen) atoms. The van der Waals surface area contributed by atoms with Gasteiger partial charge < -0.3 is 9.47 Å². The first-order chi connectivity index (χ1) is 24.0. The minimum atomic E-state index is -4.82. The zero-order chi connectivity index (χ0) is 37.2. The summed E-state index contributed by atoms with van der Waals surface area (Å²) < 4.78 is 178. The smallest absolute Gasteiger partial charge is 0.429 e. The lowest BCUT2D eigenvalue weighted by molar-refractivity contribution is -0.189. The van der Waals surface area contributed by atoms with Crippen LogP contribution in [0.1, 0.15) is 24.5 Å². The lowest BCUT2D eigenvalue weighted by Gasteiger charge is -2.20. The van der Waals surface area contributed by atoms with Gasteiger partial charge in [-0.2, -0.15) is 26.3 Å². The van der Waals surface area contributed by atoms with E-state index in [1.54, 1.807) is 12.1 Å². The molecular formula is C37H22F12O2. The zero-order valence-corrected chi connectivity index (χ0v) is 25.9. The second kappa shape index (κ2) is 14.4. The molecule has 0 spiro atoms. The first kappa shape index (κ1) is 36.9. The second-order valence-electron chi connectivity index (χ2n) is 11.1. The van der Waals surface area contributed by atoms with Crippen molar-refractivity contribution in [2.75, 3.05) is 0 Å². The summed E-state index contributed by atoms with van der Waals surface area (Å²) >= 11 is 0. The molecule has 5 rings (SSSR count). The van der Waals surface area contributed by atoms with Crippen LogP contribution in [0.4, 0.5) is 52.7 Å². The van der Waals surface area contributed by atoms with Crippen LogP contribution in [0.5, 0.6) is 11.5 Å². The van der Waals surface area contributed by atoms with E-state index < -0.39 is 93.0 Å². The maximum Gasteiger partial charge on any atom is 0.432 e. The van der Waals surface area contributed by atoms with E-state index in [0.29, 0.717) is 47.5 Å². The van der Waals surface area contributed by atoms with Gasteiger partial charge in [-0.3, -0.25) is 0 Å². The number of halogens is 12. The molecule has 5 aromatic rings. The molecule has 0 saturated carbocycles. The van der Waals surface area contributed by atoms with Crippen LogP contribution in [0.3, 0.4) is 0 Å². The summed E-state index contributed by atoms with van der Waals surface area (Å²) in [6, 6.07) is 14.3. The van der Waals surface area contributed by atoms with Crippen molar-refractivity contribution in [3.05, 3.63) is 143 Å². The number of benzene rings is 5. The predicted molar refractivity (Wildman–Crippen MR) is 163 cm³/mol. The van der Waals surface area contributed by atoms with Crippen LogP contribution in [0.15, 0.2) is 97.1 Å². The van der Waals surface area contributed by atoms with E-state index in [1.165, 1.54) is 12.1 Å². The van der Waals surface area contributed by atoms with Gasteiger partial charge in [0, 0.05) is 17.2 Å². The largest absolute Gasteiger partial charge is 0.432 e. The molecule has 0 N–H and O–H groups in total. The van der Waals surface area contributed by atoms with Gasteiger partial charge in [0.05, 0.1) is 6.08 Å². The molecule has 14 heteroatoms. The predicted octanol–water partition coefficient (Wildman–Crippen LogP) is 12.4. The van der Waals surface area contributed by atoms with E-state index in [4.69, 9.17) is 0 Å². The molecule has 266 valence electrons. The minimum Gasteiger partial charge on any atom is -0.429 e. The second-order valence-corrected chi connectivity index (χ2v) is 11.1. The zero-order valence-electron chi connectivity index (χ0n) is 25.9. The third-order valence-electron chi connectivity index (χ3n) is 7.45. The Labute approximate surface area is 282 Å². The molecule has 0 aliphatic rings. The molecule has 5 aromatic carbocycles. The normalized spacial score (nSPS) is 11.8. The molecule has 0 aliphatic heterocycles. The van der Waals surface area contributed by atoms with E-state index in [1.807, 2.05) is 19.1 Å². The van der Waals surface area contributed by atoms with E-state index in [9.17, 15) is 30.7 Å². The number of aryl methyl sites for hydroxylation is 1. The molecule has 0 bridgehead atoms. The molecule has 0 aliphatic carbocycles. The molecule has 0 amide bonds. The van der Waals surface area contributed by atoms with E-state index >= 15 is 22.0 Å². The molecular weight excluding hydrogens is 704 g/mol. The highest BCUT2D eigenvalue weighted by atomic mass is 19.3. The van der Waals surface area contributed by atoms with Crippen molar-refractivity contribution in [3.63, 3.8) is 0 Å². The number of hydrogen-bond acceptors (Lipinski definition) is 2. The highest BCUT2D eigenvalue weighted by Gasteiger charge is 2.41. The first-order valence-corrected chi connectivity index (χ1v) is 14.8.